The van der Waals surface area contributed by atoms with Crippen LogP contribution in [0.5, 0.6) is 5.75 Å². The maximum atomic E-state index is 13.5. The number of alkyl halides is 3. The number of phenolic OH excluding ortho intramolecular Hbond substituents is 1. The number of carbonyl (C=O) groups excluding carboxylic acids is 1. The number of aliphatic carboxylic acids is 1. The van der Waals surface area contributed by atoms with Gasteiger partial charge in [-0.2, -0.15) is 23.4 Å². The zero-order valence-corrected chi connectivity index (χ0v) is 22.6. The van der Waals surface area contributed by atoms with Gasteiger partial charge in [0.05, 0.1) is 30.9 Å². The van der Waals surface area contributed by atoms with E-state index in [1.54, 1.807) is 10.9 Å². The lowest BCUT2D eigenvalue weighted by Gasteiger charge is -2.28. The quantitative estimate of drug-likeness (QED) is 0.223. The smallest absolute Gasteiger partial charge is 0.490 e. The Labute approximate surface area is 241 Å². The minimum atomic E-state index is -5.08. The largest absolute Gasteiger partial charge is 0.503 e. The van der Waals surface area contributed by atoms with E-state index in [0.717, 1.165) is 59.8 Å². The fourth-order valence-electron chi connectivity index (χ4n) is 4.79. The van der Waals surface area contributed by atoms with Crippen molar-refractivity contribution in [3.63, 3.8) is 0 Å². The first-order valence-electron chi connectivity index (χ1n) is 13.2. The number of carboxylic acid groups (broad SMARTS) is 1. The third-order valence-corrected chi connectivity index (χ3v) is 7.08. The predicted molar refractivity (Wildman–Crippen MR) is 143 cm³/mol. The number of aliphatic hydroxyl groups excluding tert-OH is 1. The lowest BCUT2D eigenvalue weighted by Crippen LogP contribution is -2.31. The Bertz CT molecular complexity index is 1570. The van der Waals surface area contributed by atoms with E-state index in [2.05, 4.69) is 16.6 Å². The third kappa shape index (κ3) is 7.85. The molecule has 4 N–H and O–H groups in total. The van der Waals surface area contributed by atoms with E-state index in [-0.39, 0.29) is 24.1 Å². The number of phenols is 1. The van der Waals surface area contributed by atoms with Crippen molar-refractivity contribution in [1.29, 1.82) is 0 Å². The average molecular weight is 610 g/mol. The Morgan fingerprint density at radius 3 is 2.26 bits per heavy atom. The highest BCUT2D eigenvalue weighted by Gasteiger charge is 2.38. The minimum Gasteiger partial charge on any atom is -0.503 e. The number of nitrogens with zero attached hydrogens (tertiary/aromatic N) is 4. The summed E-state index contributed by atoms with van der Waals surface area (Å²) in [5, 5.41) is 38.3. The second-order valence-electron chi connectivity index (χ2n) is 10.1. The molecule has 0 atom stereocenters. The Hall–Kier alpha value is -4.53. The molecule has 1 amide bonds. The van der Waals surface area contributed by atoms with Gasteiger partial charge in [0.25, 0.3) is 5.91 Å². The van der Waals surface area contributed by atoms with Crippen molar-refractivity contribution in [2.24, 2.45) is 5.92 Å². The van der Waals surface area contributed by atoms with E-state index in [1.807, 2.05) is 29.1 Å². The molecule has 0 radical (unpaired) electrons. The summed E-state index contributed by atoms with van der Waals surface area (Å²) in [6.45, 7) is 0.915. The molecule has 1 aliphatic carbocycles. The molecule has 0 bridgehead atoms. The van der Waals surface area contributed by atoms with E-state index < -0.39 is 35.4 Å². The van der Waals surface area contributed by atoms with Gasteiger partial charge in [0.1, 0.15) is 0 Å². The lowest BCUT2D eigenvalue weighted by molar-refractivity contribution is -0.192. The SMILES string of the molecule is O=C(NCC1CCC(n2cc3ccc(-c4cnn(CCO)c4)cc3n2)CC1)c1cc(F)c(O)c(F)c1.O=C(O)C(F)(F)F. The molecule has 43 heavy (non-hydrogen) atoms. The van der Waals surface area contributed by atoms with E-state index in [4.69, 9.17) is 20.1 Å². The third-order valence-electron chi connectivity index (χ3n) is 7.08. The number of carbonyl (C=O) groups is 2. The summed E-state index contributed by atoms with van der Waals surface area (Å²) in [6, 6.07) is 8.07. The average Bonchev–Trinajstić information content (AvgIpc) is 3.61. The topological polar surface area (TPSA) is 142 Å². The first-order chi connectivity index (χ1) is 20.3. The molecule has 1 saturated carbocycles. The molecule has 0 aliphatic heterocycles. The highest BCUT2D eigenvalue weighted by molar-refractivity contribution is 5.94. The molecular formula is C28H28F5N5O5. The normalized spacial score (nSPS) is 16.9. The molecular weight excluding hydrogens is 581 g/mol. The van der Waals surface area contributed by atoms with Crippen LogP contribution in [-0.4, -0.2) is 66.1 Å². The molecule has 5 rings (SSSR count). The van der Waals surface area contributed by atoms with Crippen molar-refractivity contribution < 1.29 is 46.9 Å². The number of nitrogens with one attached hydrogen (secondary N) is 1. The van der Waals surface area contributed by atoms with Gasteiger partial charge in [0.2, 0.25) is 0 Å². The summed E-state index contributed by atoms with van der Waals surface area (Å²) in [4.78, 5) is 21.2. The molecule has 0 saturated heterocycles. The number of benzene rings is 2. The van der Waals surface area contributed by atoms with Crippen molar-refractivity contribution in [3.05, 3.63) is 66.1 Å². The minimum absolute atomic E-state index is 0.0392. The molecule has 230 valence electrons. The summed E-state index contributed by atoms with van der Waals surface area (Å²) >= 11 is 0. The van der Waals surface area contributed by atoms with Gasteiger partial charge in [-0.25, -0.2) is 13.6 Å². The monoisotopic (exact) mass is 609 g/mol. The summed E-state index contributed by atoms with van der Waals surface area (Å²) < 4.78 is 62.5. The Morgan fingerprint density at radius 1 is 1.00 bits per heavy atom. The van der Waals surface area contributed by atoms with Crippen LogP contribution in [0.15, 0.2) is 48.9 Å². The van der Waals surface area contributed by atoms with Crippen LogP contribution < -0.4 is 5.32 Å². The van der Waals surface area contributed by atoms with Crippen molar-refractivity contribution >= 4 is 22.8 Å². The van der Waals surface area contributed by atoms with Gasteiger partial charge < -0.3 is 20.6 Å². The van der Waals surface area contributed by atoms with Crippen LogP contribution in [0, 0.1) is 17.6 Å². The first kappa shape index (κ1) is 31.4. The van der Waals surface area contributed by atoms with Gasteiger partial charge in [-0.3, -0.25) is 14.2 Å². The van der Waals surface area contributed by atoms with Gasteiger partial charge in [-0.1, -0.05) is 12.1 Å². The van der Waals surface area contributed by atoms with Gasteiger partial charge in [0, 0.05) is 35.5 Å². The van der Waals surface area contributed by atoms with E-state index in [0.29, 0.717) is 13.1 Å². The van der Waals surface area contributed by atoms with Gasteiger partial charge >= 0.3 is 12.1 Å². The van der Waals surface area contributed by atoms with Gasteiger partial charge in [-0.05, 0) is 55.4 Å². The maximum Gasteiger partial charge on any atom is 0.490 e. The highest BCUT2D eigenvalue weighted by atomic mass is 19.4. The molecule has 4 aromatic rings. The van der Waals surface area contributed by atoms with Gasteiger partial charge in [-0.15, -0.1) is 0 Å². The van der Waals surface area contributed by atoms with E-state index in [9.17, 15) is 31.9 Å². The number of halogens is 5. The number of aromatic nitrogens is 4. The molecule has 15 heteroatoms. The molecule has 10 nitrogen and oxygen atoms in total. The van der Waals surface area contributed by atoms with Crippen LogP contribution in [0.25, 0.3) is 22.0 Å². The fraction of sp³-hybridized carbons (Fsp3) is 0.357. The van der Waals surface area contributed by atoms with Crippen LogP contribution in [0.1, 0.15) is 42.1 Å². The van der Waals surface area contributed by atoms with E-state index in [1.165, 1.54) is 0 Å². The van der Waals surface area contributed by atoms with Crippen LogP contribution in [0.3, 0.4) is 0 Å². The predicted octanol–water partition coefficient (Wildman–Crippen LogP) is 4.67. The zero-order chi connectivity index (χ0) is 31.3. The Morgan fingerprint density at radius 2 is 1.65 bits per heavy atom. The van der Waals surface area contributed by atoms with Crippen LogP contribution in [0.4, 0.5) is 22.0 Å². The van der Waals surface area contributed by atoms with E-state index >= 15 is 0 Å². The number of rotatable bonds is 7. The molecule has 2 aromatic heterocycles. The van der Waals surface area contributed by atoms with Crippen LogP contribution in [0.2, 0.25) is 0 Å². The number of hydrogen-bond acceptors (Lipinski definition) is 6. The van der Waals surface area contributed by atoms with Crippen molar-refractivity contribution in [3.8, 4) is 16.9 Å². The molecule has 1 fully saturated rings. The molecule has 0 unspecified atom stereocenters. The second kappa shape index (κ2) is 13.2. The summed E-state index contributed by atoms with van der Waals surface area (Å²) in [7, 11) is 0. The number of aliphatic hydroxyl groups is 1. The van der Waals surface area contributed by atoms with Crippen molar-refractivity contribution in [1.82, 2.24) is 24.9 Å². The molecule has 1 aliphatic rings. The molecule has 2 heterocycles. The fourth-order valence-corrected chi connectivity index (χ4v) is 4.79. The Balaban J connectivity index is 0.000000541. The molecule has 2 aromatic carbocycles. The van der Waals surface area contributed by atoms with Crippen molar-refractivity contribution in [2.75, 3.05) is 13.2 Å². The number of fused-ring (bicyclic) bond motifs is 1. The number of aromatic hydroxyl groups is 1. The highest BCUT2D eigenvalue weighted by Crippen LogP contribution is 2.33. The standard InChI is InChI=1S/C26H27F2N5O3.C2HF3O2/c27-22-9-19(10-23(28)25(22)35)26(36)29-12-16-1-5-21(6-2-16)33-15-18-4-3-17(11-24(18)31-33)20-13-30-32(14-20)7-8-34;3-2(4,5)1(6)7/h3-4,9-11,13-16,21,34-35H,1-2,5-8,12H2,(H,29,36);(H,6,7). The van der Waals surface area contributed by atoms with Gasteiger partial charge in [0.15, 0.2) is 17.4 Å². The first-order valence-corrected chi connectivity index (χ1v) is 13.2. The summed E-state index contributed by atoms with van der Waals surface area (Å²) in [5.74, 6) is -6.45. The summed E-state index contributed by atoms with van der Waals surface area (Å²) in [5.41, 5.74) is 2.75. The number of carboxylic acids is 1. The van der Waals surface area contributed by atoms with Crippen molar-refractivity contribution in [2.45, 2.75) is 44.4 Å². The maximum absolute atomic E-state index is 13.5. The number of hydrogen-bond donors (Lipinski definition) is 4. The Kier molecular flexibility index (Phi) is 9.63. The summed E-state index contributed by atoms with van der Waals surface area (Å²) in [6.07, 6.45) is 4.29. The zero-order valence-electron chi connectivity index (χ0n) is 22.6. The van der Waals surface area contributed by atoms with Crippen LogP contribution >= 0.6 is 0 Å². The second-order valence-corrected chi connectivity index (χ2v) is 10.1. The molecule has 0 spiro atoms. The number of amides is 1. The lowest BCUT2D eigenvalue weighted by atomic mass is 9.86. The van der Waals surface area contributed by atoms with Crippen LogP contribution in [-0.2, 0) is 11.3 Å².